The molecule has 2 atom stereocenters. The maximum atomic E-state index is 12.9. The highest BCUT2D eigenvalue weighted by molar-refractivity contribution is 5.40. The van der Waals surface area contributed by atoms with Gasteiger partial charge in [-0.25, -0.2) is 0 Å². The van der Waals surface area contributed by atoms with Crippen molar-refractivity contribution >= 4 is 5.69 Å². The van der Waals surface area contributed by atoms with E-state index in [1.807, 2.05) is 0 Å². The molecule has 1 aromatic rings. The smallest absolute Gasteiger partial charge is 0.305 e. The molecule has 0 bridgehead atoms. The third-order valence-electron chi connectivity index (χ3n) is 2.43. The molecular weight excluding hydrogens is 187 g/mol. The van der Waals surface area contributed by atoms with E-state index in [2.05, 4.69) is 0 Å². The van der Waals surface area contributed by atoms with Gasteiger partial charge in [-0.15, -0.1) is 0 Å². The number of benzene rings is 1. The van der Waals surface area contributed by atoms with Crippen LogP contribution in [0.5, 0.6) is 0 Å². The van der Waals surface area contributed by atoms with Crippen LogP contribution in [-0.2, 0) is 0 Å². The van der Waals surface area contributed by atoms with Gasteiger partial charge in [-0.1, -0.05) is 6.07 Å². The van der Waals surface area contributed by atoms with Crippen molar-refractivity contribution in [1.82, 2.24) is 0 Å². The topological polar surface area (TPSA) is 69.2 Å². The summed E-state index contributed by atoms with van der Waals surface area (Å²) in [5.74, 6) is -0.637. The number of hydrogen-bond acceptors (Lipinski definition) is 3. The highest BCUT2D eigenvalue weighted by atomic mass is 19.1. The standard InChI is InChI=1S/C9H9FN2O2/c10-7-2-1-5(6-4-8(6)11)3-9(7)12(13)14/h1-3,6,8H,4,11H2/t6-,8+/m0/s1. The van der Waals surface area contributed by atoms with Gasteiger partial charge in [0.25, 0.3) is 0 Å². The molecule has 1 fully saturated rings. The molecule has 1 aromatic carbocycles. The van der Waals surface area contributed by atoms with Crippen molar-refractivity contribution in [1.29, 1.82) is 0 Å². The number of rotatable bonds is 2. The summed E-state index contributed by atoms with van der Waals surface area (Å²) in [5.41, 5.74) is 5.88. The average Bonchev–Trinajstić information content (AvgIpc) is 2.83. The van der Waals surface area contributed by atoms with E-state index in [0.717, 1.165) is 18.1 Å². The summed E-state index contributed by atoms with van der Waals surface area (Å²) in [6.45, 7) is 0. The van der Waals surface area contributed by atoms with Crippen molar-refractivity contribution in [2.45, 2.75) is 18.4 Å². The molecule has 0 amide bonds. The Hall–Kier alpha value is -1.49. The summed E-state index contributed by atoms with van der Waals surface area (Å²) < 4.78 is 12.9. The van der Waals surface area contributed by atoms with Crippen LogP contribution < -0.4 is 5.73 Å². The lowest BCUT2D eigenvalue weighted by molar-refractivity contribution is -0.387. The number of halogens is 1. The van der Waals surface area contributed by atoms with E-state index in [0.29, 0.717) is 0 Å². The monoisotopic (exact) mass is 196 g/mol. The number of nitro benzene ring substituents is 1. The first kappa shape index (κ1) is 9.08. The largest absolute Gasteiger partial charge is 0.327 e. The Morgan fingerprint density at radius 2 is 2.21 bits per heavy atom. The highest BCUT2D eigenvalue weighted by Crippen LogP contribution is 2.40. The molecule has 1 aliphatic carbocycles. The molecule has 0 radical (unpaired) electrons. The number of nitro groups is 1. The first-order chi connectivity index (χ1) is 6.59. The minimum absolute atomic E-state index is 0.0695. The zero-order chi connectivity index (χ0) is 10.3. The van der Waals surface area contributed by atoms with Gasteiger partial charge in [0.1, 0.15) is 0 Å². The Morgan fingerprint density at radius 1 is 1.57 bits per heavy atom. The fourth-order valence-electron chi connectivity index (χ4n) is 1.50. The second kappa shape index (κ2) is 3.02. The van der Waals surface area contributed by atoms with E-state index in [9.17, 15) is 14.5 Å². The van der Waals surface area contributed by atoms with Gasteiger partial charge < -0.3 is 5.73 Å². The van der Waals surface area contributed by atoms with E-state index in [1.165, 1.54) is 6.07 Å². The number of nitrogens with two attached hydrogens (primary N) is 1. The summed E-state index contributed by atoms with van der Waals surface area (Å²) in [4.78, 5) is 9.72. The van der Waals surface area contributed by atoms with Crippen molar-refractivity contribution < 1.29 is 9.31 Å². The summed E-state index contributed by atoms with van der Waals surface area (Å²) in [7, 11) is 0. The van der Waals surface area contributed by atoms with Crippen LogP contribution in [0.25, 0.3) is 0 Å². The van der Waals surface area contributed by atoms with E-state index in [-0.39, 0.29) is 12.0 Å². The van der Waals surface area contributed by atoms with Gasteiger partial charge in [0, 0.05) is 18.0 Å². The molecule has 0 spiro atoms. The molecule has 0 heterocycles. The third kappa shape index (κ3) is 1.46. The van der Waals surface area contributed by atoms with E-state index in [4.69, 9.17) is 5.73 Å². The molecule has 0 saturated heterocycles. The van der Waals surface area contributed by atoms with Crippen molar-refractivity contribution in [2.75, 3.05) is 0 Å². The zero-order valence-corrected chi connectivity index (χ0v) is 7.31. The molecule has 1 aliphatic rings. The molecule has 0 aliphatic heterocycles. The molecule has 14 heavy (non-hydrogen) atoms. The molecule has 74 valence electrons. The van der Waals surface area contributed by atoms with Crippen LogP contribution in [-0.4, -0.2) is 11.0 Å². The lowest BCUT2D eigenvalue weighted by atomic mass is 10.1. The van der Waals surface area contributed by atoms with Gasteiger partial charge in [0.15, 0.2) is 0 Å². The predicted molar refractivity (Wildman–Crippen MR) is 48.4 cm³/mol. The van der Waals surface area contributed by atoms with Crippen LogP contribution in [0.15, 0.2) is 18.2 Å². The maximum Gasteiger partial charge on any atom is 0.305 e. The predicted octanol–water partition coefficient (Wildman–Crippen LogP) is 1.55. The van der Waals surface area contributed by atoms with Crippen LogP contribution in [0.4, 0.5) is 10.1 Å². The van der Waals surface area contributed by atoms with Crippen LogP contribution in [0.2, 0.25) is 0 Å². The second-order valence-electron chi connectivity index (χ2n) is 3.47. The fourth-order valence-corrected chi connectivity index (χ4v) is 1.50. The van der Waals surface area contributed by atoms with Crippen molar-refractivity contribution in [2.24, 2.45) is 5.73 Å². The van der Waals surface area contributed by atoms with Gasteiger partial charge in [-0.05, 0) is 18.1 Å². The average molecular weight is 196 g/mol. The molecule has 2 N–H and O–H groups in total. The SMILES string of the molecule is N[C@@H]1C[C@H]1c1ccc(F)c([N+](=O)[O-])c1. The van der Waals surface area contributed by atoms with Crippen molar-refractivity contribution in [3.8, 4) is 0 Å². The summed E-state index contributed by atoms with van der Waals surface area (Å²) >= 11 is 0. The van der Waals surface area contributed by atoms with E-state index < -0.39 is 16.4 Å². The molecule has 4 nitrogen and oxygen atoms in total. The summed E-state index contributed by atoms with van der Waals surface area (Å²) in [6.07, 6.45) is 0.822. The first-order valence-electron chi connectivity index (χ1n) is 4.29. The maximum absolute atomic E-state index is 12.9. The minimum atomic E-state index is -0.798. The summed E-state index contributed by atoms with van der Waals surface area (Å²) in [5, 5.41) is 10.4. The van der Waals surface area contributed by atoms with Gasteiger partial charge in [-0.3, -0.25) is 10.1 Å². The normalized spacial score (nSPS) is 24.7. The minimum Gasteiger partial charge on any atom is -0.327 e. The summed E-state index contributed by atoms with van der Waals surface area (Å²) in [6, 6.07) is 4.02. The molecule has 1 saturated carbocycles. The Kier molecular flexibility index (Phi) is 1.96. The Morgan fingerprint density at radius 3 is 2.71 bits per heavy atom. The molecule has 2 rings (SSSR count). The Balaban J connectivity index is 2.36. The number of hydrogen-bond donors (Lipinski definition) is 1. The highest BCUT2D eigenvalue weighted by Gasteiger charge is 2.35. The molecule has 0 unspecified atom stereocenters. The zero-order valence-electron chi connectivity index (χ0n) is 7.31. The lowest BCUT2D eigenvalue weighted by Crippen LogP contribution is -2.01. The molecule has 0 aromatic heterocycles. The van der Waals surface area contributed by atoms with E-state index >= 15 is 0 Å². The lowest BCUT2D eigenvalue weighted by Gasteiger charge is -1.99. The van der Waals surface area contributed by atoms with Crippen LogP contribution in [0, 0.1) is 15.9 Å². The van der Waals surface area contributed by atoms with E-state index in [1.54, 1.807) is 6.07 Å². The van der Waals surface area contributed by atoms with Crippen molar-refractivity contribution in [3.63, 3.8) is 0 Å². The second-order valence-corrected chi connectivity index (χ2v) is 3.47. The van der Waals surface area contributed by atoms with Gasteiger partial charge in [0.05, 0.1) is 4.92 Å². The molecule has 5 heteroatoms. The number of nitrogens with zero attached hydrogens (tertiary/aromatic N) is 1. The van der Waals surface area contributed by atoms with Crippen molar-refractivity contribution in [3.05, 3.63) is 39.7 Å². The quantitative estimate of drug-likeness (QED) is 0.576. The van der Waals surface area contributed by atoms with Gasteiger partial charge >= 0.3 is 5.69 Å². The molecular formula is C9H9FN2O2. The van der Waals surface area contributed by atoms with Gasteiger partial charge in [-0.2, -0.15) is 4.39 Å². The third-order valence-corrected chi connectivity index (χ3v) is 2.43. The Bertz CT molecular complexity index is 394. The van der Waals surface area contributed by atoms with Crippen LogP contribution in [0.1, 0.15) is 17.9 Å². The van der Waals surface area contributed by atoms with Crippen LogP contribution in [0.3, 0.4) is 0 Å². The van der Waals surface area contributed by atoms with Crippen LogP contribution >= 0.6 is 0 Å². The first-order valence-corrected chi connectivity index (χ1v) is 4.29. The fraction of sp³-hybridized carbons (Fsp3) is 0.333. The Labute approximate surface area is 79.7 Å². The van der Waals surface area contributed by atoms with Gasteiger partial charge in [0.2, 0.25) is 5.82 Å².